The number of hydrogen-bond donors (Lipinski definition) is 1. The van der Waals surface area contributed by atoms with Crippen LogP contribution in [0.2, 0.25) is 5.15 Å². The average Bonchev–Trinajstić information content (AvgIpc) is 3.18. The Hall–Kier alpha value is -3.28. The number of fused-ring (bicyclic) bond motifs is 2. The summed E-state index contributed by atoms with van der Waals surface area (Å²) in [5.41, 5.74) is 4.81. The third-order valence-electron chi connectivity index (χ3n) is 6.31. The summed E-state index contributed by atoms with van der Waals surface area (Å²) < 4.78 is 2.02. The number of benzene rings is 2. The molecule has 0 unspecified atom stereocenters. The van der Waals surface area contributed by atoms with Gasteiger partial charge in [0.05, 0.1) is 22.5 Å². The molecule has 0 radical (unpaired) electrons. The van der Waals surface area contributed by atoms with Crippen LogP contribution in [-0.2, 0) is 0 Å². The first-order chi connectivity index (χ1) is 15.5. The van der Waals surface area contributed by atoms with Crippen molar-refractivity contribution in [1.29, 1.82) is 0 Å². The van der Waals surface area contributed by atoms with Gasteiger partial charge in [0.1, 0.15) is 11.3 Å². The molecular weight excluding hydrogens is 420 g/mol. The molecule has 1 fully saturated rings. The molecule has 1 aliphatic rings. The van der Waals surface area contributed by atoms with Crippen molar-refractivity contribution in [2.45, 2.75) is 31.3 Å². The van der Waals surface area contributed by atoms with Gasteiger partial charge < -0.3 is 5.11 Å². The molecule has 0 saturated heterocycles. The largest absolute Gasteiger partial charge is 0.390 e. The lowest BCUT2D eigenvalue weighted by Gasteiger charge is -2.40. The SMILES string of the molecule is CC1(O)CC(c2nc(-c3ccc4ccc(-c5ccccc5)nc4c3)c3c(Cl)nccn23)C1. The molecule has 5 aromatic rings. The van der Waals surface area contributed by atoms with Gasteiger partial charge >= 0.3 is 0 Å². The van der Waals surface area contributed by atoms with Gasteiger partial charge in [-0.25, -0.2) is 15.0 Å². The van der Waals surface area contributed by atoms with Crippen LogP contribution in [0.1, 0.15) is 31.5 Å². The molecule has 0 aliphatic heterocycles. The second-order valence-corrected chi connectivity index (χ2v) is 9.19. The second kappa shape index (κ2) is 7.12. The van der Waals surface area contributed by atoms with Gasteiger partial charge in [0.25, 0.3) is 0 Å². The molecule has 1 N–H and O–H groups in total. The summed E-state index contributed by atoms with van der Waals surface area (Å²) in [6, 6.07) is 20.5. The third kappa shape index (κ3) is 3.17. The average molecular weight is 441 g/mol. The standard InChI is InChI=1S/C26H21ClN4O/c1-26(32)14-19(15-26)25-30-22(23-24(27)28-11-12-31(23)25)18-8-7-17-9-10-20(29-21(17)13-18)16-5-3-2-4-6-16/h2-13,19,32H,14-15H2,1H3. The number of hydrogen-bond acceptors (Lipinski definition) is 4. The first kappa shape index (κ1) is 19.4. The number of imidazole rings is 1. The maximum atomic E-state index is 10.3. The highest BCUT2D eigenvalue weighted by molar-refractivity contribution is 6.33. The van der Waals surface area contributed by atoms with Crippen LogP contribution in [0.25, 0.3) is 38.9 Å². The molecule has 3 aromatic heterocycles. The fourth-order valence-electron chi connectivity index (χ4n) is 4.73. The van der Waals surface area contributed by atoms with Crippen molar-refractivity contribution in [2.24, 2.45) is 0 Å². The molecule has 1 aliphatic carbocycles. The Kier molecular flexibility index (Phi) is 4.32. The van der Waals surface area contributed by atoms with Gasteiger partial charge in [0.2, 0.25) is 0 Å². The van der Waals surface area contributed by atoms with E-state index < -0.39 is 5.60 Å². The van der Waals surface area contributed by atoms with Gasteiger partial charge in [-0.15, -0.1) is 0 Å². The van der Waals surface area contributed by atoms with Crippen LogP contribution < -0.4 is 0 Å². The van der Waals surface area contributed by atoms with E-state index in [1.54, 1.807) is 6.20 Å². The van der Waals surface area contributed by atoms with E-state index in [9.17, 15) is 5.11 Å². The normalized spacial score (nSPS) is 20.5. The topological polar surface area (TPSA) is 63.3 Å². The van der Waals surface area contributed by atoms with Crippen molar-refractivity contribution in [1.82, 2.24) is 19.4 Å². The van der Waals surface area contributed by atoms with Gasteiger partial charge in [-0.2, -0.15) is 0 Å². The number of nitrogens with zero attached hydrogens (tertiary/aromatic N) is 4. The van der Waals surface area contributed by atoms with E-state index in [4.69, 9.17) is 21.6 Å². The Bertz CT molecular complexity index is 1470. The van der Waals surface area contributed by atoms with E-state index in [1.807, 2.05) is 41.8 Å². The van der Waals surface area contributed by atoms with Crippen molar-refractivity contribution in [3.63, 3.8) is 0 Å². The molecule has 0 spiro atoms. The lowest BCUT2D eigenvalue weighted by atomic mass is 9.72. The van der Waals surface area contributed by atoms with E-state index in [0.29, 0.717) is 18.0 Å². The monoisotopic (exact) mass is 440 g/mol. The quantitative estimate of drug-likeness (QED) is 0.379. The predicted octanol–water partition coefficient (Wildman–Crippen LogP) is 5.89. The van der Waals surface area contributed by atoms with Crippen LogP contribution in [0.5, 0.6) is 0 Å². The maximum absolute atomic E-state index is 10.3. The minimum Gasteiger partial charge on any atom is -0.390 e. The Morgan fingerprint density at radius 2 is 1.78 bits per heavy atom. The molecular formula is C26H21ClN4O. The van der Waals surface area contributed by atoms with Crippen LogP contribution >= 0.6 is 11.6 Å². The first-order valence-electron chi connectivity index (χ1n) is 10.7. The minimum atomic E-state index is -0.631. The van der Waals surface area contributed by atoms with Gasteiger partial charge in [0.15, 0.2) is 5.15 Å². The molecule has 6 heteroatoms. The smallest absolute Gasteiger partial charge is 0.155 e. The van der Waals surface area contributed by atoms with Crippen LogP contribution in [0.15, 0.2) is 73.1 Å². The van der Waals surface area contributed by atoms with Gasteiger partial charge in [-0.1, -0.05) is 60.1 Å². The molecule has 158 valence electrons. The molecule has 1 saturated carbocycles. The summed E-state index contributed by atoms with van der Waals surface area (Å²) in [5.74, 6) is 1.10. The highest BCUT2D eigenvalue weighted by Crippen LogP contribution is 2.45. The van der Waals surface area contributed by atoms with E-state index in [2.05, 4.69) is 41.4 Å². The van der Waals surface area contributed by atoms with Crippen LogP contribution in [0.4, 0.5) is 0 Å². The highest BCUT2D eigenvalue weighted by atomic mass is 35.5. The lowest BCUT2D eigenvalue weighted by Crippen LogP contribution is -2.40. The zero-order valence-corrected chi connectivity index (χ0v) is 18.3. The van der Waals surface area contributed by atoms with Gasteiger partial charge in [-0.3, -0.25) is 4.40 Å². The molecule has 32 heavy (non-hydrogen) atoms. The van der Waals surface area contributed by atoms with Crippen molar-refractivity contribution in [3.05, 3.63) is 84.0 Å². The highest BCUT2D eigenvalue weighted by Gasteiger charge is 2.41. The maximum Gasteiger partial charge on any atom is 0.155 e. The molecule has 2 aromatic carbocycles. The predicted molar refractivity (Wildman–Crippen MR) is 127 cm³/mol. The van der Waals surface area contributed by atoms with E-state index >= 15 is 0 Å². The zero-order valence-electron chi connectivity index (χ0n) is 17.5. The number of aromatic nitrogens is 4. The fraction of sp³-hybridized carbons (Fsp3) is 0.192. The summed E-state index contributed by atoms with van der Waals surface area (Å²) in [6.07, 6.45) is 4.96. The van der Waals surface area contributed by atoms with Gasteiger partial charge in [-0.05, 0) is 31.9 Å². The number of pyridine rings is 1. The van der Waals surface area contributed by atoms with Crippen molar-refractivity contribution >= 4 is 28.0 Å². The Morgan fingerprint density at radius 1 is 1.00 bits per heavy atom. The molecule has 6 rings (SSSR count). The molecule has 0 atom stereocenters. The molecule has 0 amide bonds. The summed E-state index contributed by atoms with van der Waals surface area (Å²) in [4.78, 5) is 14.2. The van der Waals surface area contributed by atoms with Crippen LogP contribution in [-0.4, -0.2) is 30.1 Å². The minimum absolute atomic E-state index is 0.188. The third-order valence-corrected chi connectivity index (χ3v) is 6.59. The number of halogens is 1. The molecule has 5 nitrogen and oxygen atoms in total. The Labute approximate surface area is 190 Å². The fourth-order valence-corrected chi connectivity index (χ4v) is 4.97. The van der Waals surface area contributed by atoms with Crippen LogP contribution in [0.3, 0.4) is 0 Å². The van der Waals surface area contributed by atoms with Crippen molar-refractivity contribution < 1.29 is 5.11 Å². The summed E-state index contributed by atoms with van der Waals surface area (Å²) in [7, 11) is 0. The first-order valence-corrected chi connectivity index (χ1v) is 11.1. The number of aliphatic hydroxyl groups is 1. The van der Waals surface area contributed by atoms with Crippen LogP contribution in [0, 0.1) is 0 Å². The second-order valence-electron chi connectivity index (χ2n) is 8.83. The zero-order chi connectivity index (χ0) is 21.9. The van der Waals surface area contributed by atoms with Crippen molar-refractivity contribution in [3.8, 4) is 22.5 Å². The summed E-state index contributed by atoms with van der Waals surface area (Å²) in [6.45, 7) is 1.87. The number of rotatable bonds is 3. The molecule has 3 heterocycles. The van der Waals surface area contributed by atoms with Crippen molar-refractivity contribution in [2.75, 3.05) is 0 Å². The van der Waals surface area contributed by atoms with E-state index in [1.165, 1.54) is 0 Å². The Balaban J connectivity index is 1.50. The lowest BCUT2D eigenvalue weighted by molar-refractivity contribution is -0.0335. The summed E-state index contributed by atoms with van der Waals surface area (Å²) >= 11 is 6.53. The van der Waals surface area contributed by atoms with E-state index in [0.717, 1.165) is 44.8 Å². The summed E-state index contributed by atoms with van der Waals surface area (Å²) in [5, 5.41) is 11.7. The van der Waals surface area contributed by atoms with Gasteiger partial charge in [0, 0.05) is 34.8 Å². The molecule has 0 bridgehead atoms. The van der Waals surface area contributed by atoms with E-state index in [-0.39, 0.29) is 5.92 Å². The Morgan fingerprint density at radius 3 is 2.56 bits per heavy atom.